The fourth-order valence-electron chi connectivity index (χ4n) is 3.98. The SMILES string of the molecule is COCc1ccc(N2CC(C)(C)N[C@@H]3CCCC[C@H]32)cc1. The van der Waals surface area contributed by atoms with Crippen LogP contribution in [0.3, 0.4) is 0 Å². The highest BCUT2D eigenvalue weighted by Gasteiger charge is 2.40. The summed E-state index contributed by atoms with van der Waals surface area (Å²) < 4.78 is 5.21. The van der Waals surface area contributed by atoms with Crippen LogP contribution in [0.4, 0.5) is 5.69 Å². The van der Waals surface area contributed by atoms with E-state index in [1.54, 1.807) is 7.11 Å². The average molecular weight is 288 g/mol. The first kappa shape index (κ1) is 14.9. The molecule has 1 aliphatic heterocycles. The van der Waals surface area contributed by atoms with E-state index in [2.05, 4.69) is 48.3 Å². The van der Waals surface area contributed by atoms with Crippen LogP contribution in [0.1, 0.15) is 45.1 Å². The quantitative estimate of drug-likeness (QED) is 0.923. The molecule has 0 amide bonds. The smallest absolute Gasteiger partial charge is 0.0713 e. The van der Waals surface area contributed by atoms with Crippen molar-refractivity contribution in [1.82, 2.24) is 5.32 Å². The van der Waals surface area contributed by atoms with Crippen LogP contribution in [-0.2, 0) is 11.3 Å². The molecule has 1 aromatic carbocycles. The van der Waals surface area contributed by atoms with E-state index >= 15 is 0 Å². The summed E-state index contributed by atoms with van der Waals surface area (Å²) in [6.45, 7) is 6.42. The predicted molar refractivity (Wildman–Crippen MR) is 87.8 cm³/mol. The largest absolute Gasteiger partial charge is 0.380 e. The maximum absolute atomic E-state index is 5.21. The van der Waals surface area contributed by atoms with Crippen LogP contribution in [0.15, 0.2) is 24.3 Å². The van der Waals surface area contributed by atoms with Crippen LogP contribution in [0.2, 0.25) is 0 Å². The second kappa shape index (κ2) is 5.98. The van der Waals surface area contributed by atoms with Gasteiger partial charge in [-0.3, -0.25) is 0 Å². The molecule has 0 unspecified atom stereocenters. The molecule has 0 aromatic heterocycles. The van der Waals surface area contributed by atoms with E-state index in [9.17, 15) is 0 Å². The van der Waals surface area contributed by atoms with E-state index in [0.717, 1.165) is 6.54 Å². The second-order valence-corrected chi connectivity index (χ2v) is 7.21. The van der Waals surface area contributed by atoms with Crippen LogP contribution in [0.5, 0.6) is 0 Å². The summed E-state index contributed by atoms with van der Waals surface area (Å²) in [5, 5.41) is 3.86. The minimum atomic E-state index is 0.184. The van der Waals surface area contributed by atoms with Gasteiger partial charge >= 0.3 is 0 Å². The van der Waals surface area contributed by atoms with Crippen molar-refractivity contribution in [3.05, 3.63) is 29.8 Å². The molecule has 2 atom stereocenters. The molecular weight excluding hydrogens is 260 g/mol. The molecule has 21 heavy (non-hydrogen) atoms. The molecule has 3 heteroatoms. The Kier molecular flexibility index (Phi) is 4.23. The first-order valence-electron chi connectivity index (χ1n) is 8.21. The summed E-state index contributed by atoms with van der Waals surface area (Å²) in [6.07, 6.45) is 5.35. The van der Waals surface area contributed by atoms with Crippen LogP contribution in [0, 0.1) is 0 Å². The molecule has 3 nitrogen and oxygen atoms in total. The number of hydrogen-bond acceptors (Lipinski definition) is 3. The molecular formula is C18H28N2O. The summed E-state index contributed by atoms with van der Waals surface area (Å²) in [6, 6.07) is 10.2. The number of benzene rings is 1. The first-order chi connectivity index (χ1) is 10.1. The zero-order chi connectivity index (χ0) is 14.9. The summed E-state index contributed by atoms with van der Waals surface area (Å²) in [4.78, 5) is 2.64. The molecule has 0 bridgehead atoms. The van der Waals surface area contributed by atoms with Crippen molar-refractivity contribution < 1.29 is 4.74 Å². The molecule has 1 aromatic rings. The molecule has 1 saturated carbocycles. The minimum absolute atomic E-state index is 0.184. The maximum atomic E-state index is 5.21. The number of hydrogen-bond donors (Lipinski definition) is 1. The van der Waals surface area contributed by atoms with E-state index in [-0.39, 0.29) is 5.54 Å². The lowest BCUT2D eigenvalue weighted by Gasteiger charge is -2.52. The average Bonchev–Trinajstić information content (AvgIpc) is 2.46. The molecule has 0 radical (unpaired) electrons. The number of nitrogens with zero attached hydrogens (tertiary/aromatic N) is 1. The van der Waals surface area contributed by atoms with Crippen LogP contribution < -0.4 is 10.2 Å². The lowest BCUT2D eigenvalue weighted by Crippen LogP contribution is -2.67. The number of nitrogens with one attached hydrogen (secondary N) is 1. The second-order valence-electron chi connectivity index (χ2n) is 7.21. The van der Waals surface area contributed by atoms with Gasteiger partial charge in [0.2, 0.25) is 0 Å². The molecule has 1 heterocycles. The number of fused-ring (bicyclic) bond motifs is 1. The van der Waals surface area contributed by atoms with E-state index in [1.165, 1.54) is 36.9 Å². The Morgan fingerprint density at radius 2 is 1.90 bits per heavy atom. The van der Waals surface area contributed by atoms with Gasteiger partial charge in [0.1, 0.15) is 0 Å². The van der Waals surface area contributed by atoms with Crippen LogP contribution in [0.25, 0.3) is 0 Å². The fraction of sp³-hybridized carbons (Fsp3) is 0.667. The lowest BCUT2D eigenvalue weighted by atomic mass is 9.83. The molecule has 116 valence electrons. The van der Waals surface area contributed by atoms with Crippen molar-refractivity contribution in [1.29, 1.82) is 0 Å². The molecule has 1 aliphatic carbocycles. The Morgan fingerprint density at radius 1 is 1.19 bits per heavy atom. The van der Waals surface area contributed by atoms with E-state index in [4.69, 9.17) is 4.74 Å². The molecule has 2 fully saturated rings. The number of piperazine rings is 1. The number of ether oxygens (including phenoxy) is 1. The van der Waals surface area contributed by atoms with Gasteiger partial charge in [0, 0.05) is 37.0 Å². The van der Waals surface area contributed by atoms with Gasteiger partial charge in [0.05, 0.1) is 6.61 Å². The Balaban J connectivity index is 1.83. The Morgan fingerprint density at radius 3 is 2.62 bits per heavy atom. The van der Waals surface area contributed by atoms with Gasteiger partial charge < -0.3 is 15.0 Å². The molecule has 2 aliphatic rings. The van der Waals surface area contributed by atoms with Gasteiger partial charge in [-0.05, 0) is 44.4 Å². The highest BCUT2D eigenvalue weighted by molar-refractivity contribution is 5.50. The minimum Gasteiger partial charge on any atom is -0.380 e. The third-order valence-electron chi connectivity index (χ3n) is 4.85. The summed E-state index contributed by atoms with van der Waals surface area (Å²) >= 11 is 0. The van der Waals surface area contributed by atoms with Crippen molar-refractivity contribution in [2.75, 3.05) is 18.6 Å². The number of rotatable bonds is 3. The molecule has 1 saturated heterocycles. The molecule has 0 spiro atoms. The van der Waals surface area contributed by atoms with Crippen molar-refractivity contribution in [3.63, 3.8) is 0 Å². The van der Waals surface area contributed by atoms with Crippen molar-refractivity contribution in [2.24, 2.45) is 0 Å². The number of anilines is 1. The predicted octanol–water partition coefficient (Wildman–Crippen LogP) is 3.33. The molecule has 1 N–H and O–H groups in total. The van der Waals surface area contributed by atoms with E-state index in [1.807, 2.05) is 0 Å². The lowest BCUT2D eigenvalue weighted by molar-refractivity contribution is 0.185. The fourth-order valence-corrected chi connectivity index (χ4v) is 3.98. The Hall–Kier alpha value is -1.06. The summed E-state index contributed by atoms with van der Waals surface area (Å²) in [5.74, 6) is 0. The van der Waals surface area contributed by atoms with E-state index < -0.39 is 0 Å². The topological polar surface area (TPSA) is 24.5 Å². The van der Waals surface area contributed by atoms with Gasteiger partial charge in [-0.1, -0.05) is 25.0 Å². The van der Waals surface area contributed by atoms with Crippen LogP contribution in [-0.4, -0.2) is 31.3 Å². The van der Waals surface area contributed by atoms with Crippen molar-refractivity contribution >= 4 is 5.69 Å². The summed E-state index contributed by atoms with van der Waals surface area (Å²) in [7, 11) is 1.75. The zero-order valence-electron chi connectivity index (χ0n) is 13.6. The van der Waals surface area contributed by atoms with Crippen molar-refractivity contribution in [3.8, 4) is 0 Å². The Bertz CT molecular complexity index is 469. The number of methoxy groups -OCH3 is 1. The van der Waals surface area contributed by atoms with Crippen molar-refractivity contribution in [2.45, 2.75) is 63.8 Å². The monoisotopic (exact) mass is 288 g/mol. The van der Waals surface area contributed by atoms with Gasteiger partial charge in [0.25, 0.3) is 0 Å². The first-order valence-corrected chi connectivity index (χ1v) is 8.21. The van der Waals surface area contributed by atoms with Crippen LogP contribution >= 0.6 is 0 Å². The zero-order valence-corrected chi connectivity index (χ0v) is 13.6. The standard InChI is InChI=1S/C18H28N2O/c1-18(2)13-20(17-7-5-4-6-16(17)19-18)15-10-8-14(9-11-15)12-21-3/h8-11,16-17,19H,4-7,12-13H2,1-3H3/t16-,17-/m1/s1. The normalized spacial score (nSPS) is 28.2. The third-order valence-corrected chi connectivity index (χ3v) is 4.85. The van der Waals surface area contributed by atoms with Gasteiger partial charge in [-0.2, -0.15) is 0 Å². The van der Waals surface area contributed by atoms with Gasteiger partial charge in [0.15, 0.2) is 0 Å². The Labute approximate surface area is 128 Å². The van der Waals surface area contributed by atoms with E-state index in [0.29, 0.717) is 18.7 Å². The summed E-state index contributed by atoms with van der Waals surface area (Å²) in [5.41, 5.74) is 2.79. The maximum Gasteiger partial charge on any atom is 0.0713 e. The molecule has 3 rings (SSSR count). The third kappa shape index (κ3) is 3.24. The van der Waals surface area contributed by atoms with Gasteiger partial charge in [-0.15, -0.1) is 0 Å². The highest BCUT2D eigenvalue weighted by atomic mass is 16.5. The highest BCUT2D eigenvalue weighted by Crippen LogP contribution is 2.33. The van der Waals surface area contributed by atoms with Gasteiger partial charge in [-0.25, -0.2) is 0 Å².